The van der Waals surface area contributed by atoms with Gasteiger partial charge < -0.3 is 15.3 Å². The molecule has 0 aliphatic heterocycles. The molecule has 1 aromatic carbocycles. The third-order valence-electron chi connectivity index (χ3n) is 3.90. The maximum atomic E-state index is 11.3. The lowest BCUT2D eigenvalue weighted by Gasteiger charge is -2.27. The number of benzene rings is 1. The molecule has 1 aromatic rings. The summed E-state index contributed by atoms with van der Waals surface area (Å²) in [6, 6.07) is 7.97. The summed E-state index contributed by atoms with van der Waals surface area (Å²) in [6.45, 7) is 7.15. The quantitative estimate of drug-likeness (QED) is 0.805. The van der Waals surface area contributed by atoms with Crippen molar-refractivity contribution < 1.29 is 9.90 Å². The molecule has 0 spiro atoms. The van der Waals surface area contributed by atoms with Crippen molar-refractivity contribution in [1.29, 1.82) is 0 Å². The number of aliphatic hydroxyl groups excluding tert-OH is 1. The minimum Gasteiger partial charge on any atom is -0.396 e. The van der Waals surface area contributed by atoms with Crippen LogP contribution in [0.5, 0.6) is 0 Å². The molecule has 0 saturated carbocycles. The first-order valence-electron chi connectivity index (χ1n) is 7.06. The lowest BCUT2D eigenvalue weighted by molar-refractivity contribution is -0.128. The van der Waals surface area contributed by atoms with Crippen LogP contribution in [-0.4, -0.2) is 36.1 Å². The van der Waals surface area contributed by atoms with Gasteiger partial charge in [0.2, 0.25) is 5.91 Å². The summed E-state index contributed by atoms with van der Waals surface area (Å²) in [6.07, 6.45) is 0.909. The van der Waals surface area contributed by atoms with Gasteiger partial charge in [0.1, 0.15) is 0 Å². The number of hydrogen-bond acceptors (Lipinski definition) is 3. The highest BCUT2D eigenvalue weighted by molar-refractivity contribution is 5.73. The molecule has 0 fully saturated rings. The van der Waals surface area contributed by atoms with Gasteiger partial charge in [-0.25, -0.2) is 0 Å². The number of carbonyl (C=O) groups is 1. The maximum absolute atomic E-state index is 11.3. The van der Waals surface area contributed by atoms with Crippen LogP contribution >= 0.6 is 0 Å². The van der Waals surface area contributed by atoms with E-state index < -0.39 is 0 Å². The highest BCUT2D eigenvalue weighted by atomic mass is 16.3. The summed E-state index contributed by atoms with van der Waals surface area (Å²) in [5.74, 6) is 0.0496. The molecule has 1 rings (SSSR count). The Kier molecular flexibility index (Phi) is 6.02. The lowest BCUT2D eigenvalue weighted by Crippen LogP contribution is -2.30. The zero-order valence-corrected chi connectivity index (χ0v) is 12.9. The van der Waals surface area contributed by atoms with Crippen molar-refractivity contribution in [2.24, 2.45) is 5.41 Å². The molecule has 112 valence electrons. The van der Waals surface area contributed by atoms with Crippen molar-refractivity contribution in [3.8, 4) is 0 Å². The molecule has 1 unspecified atom stereocenters. The molecule has 0 heterocycles. The Morgan fingerprint density at radius 1 is 1.40 bits per heavy atom. The molecule has 1 atom stereocenters. The first kappa shape index (κ1) is 16.5. The highest BCUT2D eigenvalue weighted by Gasteiger charge is 2.21. The first-order chi connectivity index (χ1) is 9.41. The highest BCUT2D eigenvalue weighted by Crippen LogP contribution is 2.23. The molecule has 0 saturated heterocycles. The second kappa shape index (κ2) is 7.29. The topological polar surface area (TPSA) is 52.6 Å². The number of rotatable bonds is 7. The van der Waals surface area contributed by atoms with Gasteiger partial charge in [-0.3, -0.25) is 4.79 Å². The Balaban J connectivity index is 2.78. The number of nitrogens with one attached hydrogen (secondary N) is 1. The van der Waals surface area contributed by atoms with Crippen LogP contribution in [0.2, 0.25) is 0 Å². The standard InChI is InChI=1S/C16H26N2O2/c1-5-16(3,12-19)11-17-15-9-7-6-8-14(15)10-18(4)13(2)20/h6-9,17,19H,5,10-12H2,1-4H3. The van der Waals surface area contributed by atoms with E-state index in [1.54, 1.807) is 18.9 Å². The Hall–Kier alpha value is -1.55. The van der Waals surface area contributed by atoms with Crippen LogP contribution in [0.4, 0.5) is 5.69 Å². The van der Waals surface area contributed by atoms with E-state index in [1.165, 1.54) is 0 Å². The number of para-hydroxylation sites is 1. The van der Waals surface area contributed by atoms with Gasteiger partial charge in [-0.05, 0) is 18.1 Å². The lowest BCUT2D eigenvalue weighted by atomic mass is 9.88. The monoisotopic (exact) mass is 278 g/mol. The number of amides is 1. The average molecular weight is 278 g/mol. The van der Waals surface area contributed by atoms with E-state index in [2.05, 4.69) is 19.2 Å². The van der Waals surface area contributed by atoms with Gasteiger partial charge in [0.05, 0.1) is 6.61 Å². The Bertz CT molecular complexity index is 442. The fourth-order valence-corrected chi connectivity index (χ4v) is 1.80. The van der Waals surface area contributed by atoms with Gasteiger partial charge in [-0.1, -0.05) is 32.0 Å². The number of anilines is 1. The largest absolute Gasteiger partial charge is 0.396 e. The smallest absolute Gasteiger partial charge is 0.219 e. The third-order valence-corrected chi connectivity index (χ3v) is 3.90. The van der Waals surface area contributed by atoms with Gasteiger partial charge in [0.25, 0.3) is 0 Å². The molecule has 0 radical (unpaired) electrons. The van der Waals surface area contributed by atoms with Crippen molar-refractivity contribution in [3.05, 3.63) is 29.8 Å². The van der Waals surface area contributed by atoms with Crippen LogP contribution in [-0.2, 0) is 11.3 Å². The fraction of sp³-hybridized carbons (Fsp3) is 0.562. The van der Waals surface area contributed by atoms with E-state index in [0.717, 1.165) is 17.7 Å². The molecule has 4 heteroatoms. The van der Waals surface area contributed by atoms with Crippen LogP contribution in [0.25, 0.3) is 0 Å². The van der Waals surface area contributed by atoms with Crippen LogP contribution in [0.1, 0.15) is 32.8 Å². The summed E-state index contributed by atoms with van der Waals surface area (Å²) >= 11 is 0. The number of hydrogen-bond donors (Lipinski definition) is 2. The molecule has 0 aliphatic carbocycles. The normalized spacial score (nSPS) is 13.7. The first-order valence-corrected chi connectivity index (χ1v) is 7.06. The molecule has 1 amide bonds. The second-order valence-electron chi connectivity index (χ2n) is 5.71. The van der Waals surface area contributed by atoms with E-state index in [1.807, 2.05) is 24.3 Å². The third kappa shape index (κ3) is 4.53. The Morgan fingerprint density at radius 3 is 2.60 bits per heavy atom. The van der Waals surface area contributed by atoms with Crippen LogP contribution in [0.3, 0.4) is 0 Å². The fourth-order valence-electron chi connectivity index (χ4n) is 1.80. The molecule has 0 aliphatic rings. The number of aliphatic hydroxyl groups is 1. The van der Waals surface area contributed by atoms with Crippen LogP contribution < -0.4 is 5.32 Å². The summed E-state index contributed by atoms with van der Waals surface area (Å²) in [7, 11) is 1.79. The van der Waals surface area contributed by atoms with E-state index in [9.17, 15) is 9.90 Å². The van der Waals surface area contributed by atoms with Gasteiger partial charge in [-0.15, -0.1) is 0 Å². The van der Waals surface area contributed by atoms with Crippen LogP contribution in [0.15, 0.2) is 24.3 Å². The van der Waals surface area contributed by atoms with E-state index in [-0.39, 0.29) is 17.9 Å². The molecular formula is C16H26N2O2. The van der Waals surface area contributed by atoms with E-state index in [4.69, 9.17) is 0 Å². The number of carbonyl (C=O) groups excluding carboxylic acids is 1. The number of nitrogens with zero attached hydrogens (tertiary/aromatic N) is 1. The zero-order chi connectivity index (χ0) is 15.2. The molecule has 0 aromatic heterocycles. The molecule has 4 nitrogen and oxygen atoms in total. The van der Waals surface area contributed by atoms with Crippen molar-refractivity contribution >= 4 is 11.6 Å². The van der Waals surface area contributed by atoms with Gasteiger partial charge in [0.15, 0.2) is 0 Å². The predicted molar refractivity (Wildman–Crippen MR) is 82.6 cm³/mol. The Morgan fingerprint density at radius 2 is 2.05 bits per heavy atom. The molecule has 2 N–H and O–H groups in total. The van der Waals surface area contributed by atoms with Gasteiger partial charge in [-0.2, -0.15) is 0 Å². The summed E-state index contributed by atoms with van der Waals surface area (Å²) in [4.78, 5) is 13.0. The molecule has 20 heavy (non-hydrogen) atoms. The minimum atomic E-state index is -0.125. The predicted octanol–water partition coefficient (Wildman–Crippen LogP) is 2.49. The van der Waals surface area contributed by atoms with Crippen molar-refractivity contribution in [2.45, 2.75) is 33.7 Å². The van der Waals surface area contributed by atoms with Crippen molar-refractivity contribution in [3.63, 3.8) is 0 Å². The summed E-state index contributed by atoms with van der Waals surface area (Å²) in [5, 5.41) is 12.9. The summed E-state index contributed by atoms with van der Waals surface area (Å²) in [5.41, 5.74) is 1.98. The maximum Gasteiger partial charge on any atom is 0.219 e. The van der Waals surface area contributed by atoms with Gasteiger partial charge >= 0.3 is 0 Å². The van der Waals surface area contributed by atoms with Crippen LogP contribution in [0, 0.1) is 5.41 Å². The molecule has 0 bridgehead atoms. The summed E-state index contributed by atoms with van der Waals surface area (Å²) < 4.78 is 0. The second-order valence-corrected chi connectivity index (χ2v) is 5.71. The Labute approximate surface area is 121 Å². The van der Waals surface area contributed by atoms with E-state index in [0.29, 0.717) is 13.1 Å². The van der Waals surface area contributed by atoms with Crippen molar-refractivity contribution in [2.75, 3.05) is 25.5 Å². The minimum absolute atomic E-state index is 0.0496. The average Bonchev–Trinajstić information content (AvgIpc) is 2.45. The van der Waals surface area contributed by atoms with Crippen molar-refractivity contribution in [1.82, 2.24) is 4.90 Å². The zero-order valence-electron chi connectivity index (χ0n) is 12.9. The molecular weight excluding hydrogens is 252 g/mol. The van der Waals surface area contributed by atoms with E-state index >= 15 is 0 Å². The van der Waals surface area contributed by atoms with Gasteiger partial charge in [0, 0.05) is 38.2 Å². The SMILES string of the molecule is CCC(C)(CO)CNc1ccccc1CN(C)C(C)=O.